The standard InChI is InChI=1S/C28H43NO6/c1-16(4-9-25(34)35-29-23(32)7-8-24(29)33)19-5-6-20-26-21(11-13-28(19,20)3)27(2)12-10-18(30)14-17(27)15-22(26)31/h16-22,26,30-31H,4-15H2,1-3H3/t16-,17?,18-,19?,20?,21?,22?,26?,27?,28?/m1/s1. The van der Waals surface area contributed by atoms with Gasteiger partial charge in [-0.15, -0.1) is 5.06 Å². The fourth-order valence-corrected chi connectivity index (χ4v) is 9.53. The summed E-state index contributed by atoms with van der Waals surface area (Å²) in [5.74, 6) is 1.21. The predicted molar refractivity (Wildman–Crippen MR) is 128 cm³/mol. The molecule has 35 heavy (non-hydrogen) atoms. The number of imide groups is 1. The van der Waals surface area contributed by atoms with E-state index >= 15 is 0 Å². The lowest BCUT2D eigenvalue weighted by Crippen LogP contribution is -2.58. The maximum absolute atomic E-state index is 12.4. The van der Waals surface area contributed by atoms with E-state index in [0.717, 1.165) is 51.4 Å². The molecule has 0 radical (unpaired) electrons. The van der Waals surface area contributed by atoms with Crippen LogP contribution in [0.1, 0.15) is 97.8 Å². The van der Waals surface area contributed by atoms with Crippen molar-refractivity contribution < 1.29 is 29.4 Å². The second-order valence-corrected chi connectivity index (χ2v) is 13.0. The highest BCUT2D eigenvalue weighted by Gasteiger charge is 2.62. The van der Waals surface area contributed by atoms with E-state index in [-0.39, 0.29) is 42.3 Å². The van der Waals surface area contributed by atoms with Crippen molar-refractivity contribution in [3.63, 3.8) is 0 Å². The maximum Gasteiger partial charge on any atom is 0.333 e. The van der Waals surface area contributed by atoms with E-state index in [1.54, 1.807) is 0 Å². The van der Waals surface area contributed by atoms with Crippen molar-refractivity contribution in [2.75, 3.05) is 0 Å². The lowest BCUT2D eigenvalue weighted by Gasteiger charge is -2.62. The van der Waals surface area contributed by atoms with Crippen LogP contribution in [0, 0.1) is 46.3 Å². The molecule has 0 spiro atoms. The molecule has 2 amide bonds. The van der Waals surface area contributed by atoms with Crippen LogP contribution < -0.4 is 0 Å². The molecule has 5 rings (SSSR count). The Bertz CT molecular complexity index is 860. The molecule has 0 bridgehead atoms. The third-order valence-corrected chi connectivity index (χ3v) is 11.4. The van der Waals surface area contributed by atoms with E-state index in [2.05, 4.69) is 20.8 Å². The van der Waals surface area contributed by atoms with Crippen LogP contribution in [0.25, 0.3) is 0 Å². The minimum atomic E-state index is -0.509. The Labute approximate surface area is 208 Å². The first kappa shape index (κ1) is 25.2. The van der Waals surface area contributed by atoms with Crippen molar-refractivity contribution in [3.8, 4) is 0 Å². The summed E-state index contributed by atoms with van der Waals surface area (Å²) in [6.07, 6.45) is 8.77. The fraction of sp³-hybridized carbons (Fsp3) is 0.893. The van der Waals surface area contributed by atoms with Gasteiger partial charge in [0.05, 0.1) is 12.2 Å². The monoisotopic (exact) mass is 489 g/mol. The summed E-state index contributed by atoms with van der Waals surface area (Å²) in [7, 11) is 0. The number of nitrogens with zero attached hydrogens (tertiary/aromatic N) is 1. The fourth-order valence-electron chi connectivity index (χ4n) is 9.53. The third kappa shape index (κ3) is 4.14. The Morgan fingerprint density at radius 1 is 1.00 bits per heavy atom. The first-order valence-corrected chi connectivity index (χ1v) is 14.0. The maximum atomic E-state index is 12.4. The van der Waals surface area contributed by atoms with Gasteiger partial charge in [0.1, 0.15) is 0 Å². The van der Waals surface area contributed by atoms with Crippen molar-refractivity contribution in [1.82, 2.24) is 5.06 Å². The Hall–Kier alpha value is -1.47. The smallest absolute Gasteiger partial charge is 0.333 e. The molecule has 1 saturated heterocycles. The normalized spacial score (nSPS) is 46.1. The van der Waals surface area contributed by atoms with Crippen LogP contribution in [0.3, 0.4) is 0 Å². The Morgan fingerprint density at radius 3 is 2.37 bits per heavy atom. The first-order chi connectivity index (χ1) is 16.5. The van der Waals surface area contributed by atoms with Crippen molar-refractivity contribution in [3.05, 3.63) is 0 Å². The number of fused-ring (bicyclic) bond motifs is 5. The summed E-state index contributed by atoms with van der Waals surface area (Å²) in [5, 5.41) is 22.3. The zero-order valence-corrected chi connectivity index (χ0v) is 21.6. The number of rotatable bonds is 5. The molecule has 0 aromatic rings. The predicted octanol–water partition coefficient (Wildman–Crippen LogP) is 4.00. The van der Waals surface area contributed by atoms with Crippen LogP contribution in [-0.2, 0) is 19.2 Å². The van der Waals surface area contributed by atoms with Gasteiger partial charge in [-0.05, 0) is 104 Å². The summed E-state index contributed by atoms with van der Waals surface area (Å²) in [6.45, 7) is 7.08. The third-order valence-electron chi connectivity index (χ3n) is 11.4. The van der Waals surface area contributed by atoms with Crippen LogP contribution in [0.4, 0.5) is 0 Å². The summed E-state index contributed by atoms with van der Waals surface area (Å²) in [6, 6.07) is 0. The van der Waals surface area contributed by atoms with Gasteiger partial charge in [0, 0.05) is 19.3 Å². The Balaban J connectivity index is 1.23. The molecular weight excluding hydrogens is 446 g/mol. The van der Waals surface area contributed by atoms with Crippen LogP contribution in [0.15, 0.2) is 0 Å². The number of aliphatic hydroxyl groups is 2. The molecule has 10 atom stereocenters. The molecule has 5 aliphatic rings. The highest BCUT2D eigenvalue weighted by Crippen LogP contribution is 2.68. The van der Waals surface area contributed by atoms with Crippen LogP contribution in [0.5, 0.6) is 0 Å². The van der Waals surface area contributed by atoms with Crippen LogP contribution in [-0.4, -0.2) is 45.3 Å². The average Bonchev–Trinajstić information content (AvgIpc) is 3.32. The zero-order valence-electron chi connectivity index (χ0n) is 21.6. The molecule has 7 heteroatoms. The van der Waals surface area contributed by atoms with Gasteiger partial charge in [-0.25, -0.2) is 4.79 Å². The van der Waals surface area contributed by atoms with Gasteiger partial charge in [-0.1, -0.05) is 20.8 Å². The molecule has 2 N–H and O–H groups in total. The average molecular weight is 490 g/mol. The molecule has 5 fully saturated rings. The number of hydrogen-bond donors (Lipinski definition) is 2. The minimum absolute atomic E-state index is 0.110. The van der Waals surface area contributed by atoms with Crippen molar-refractivity contribution in [2.45, 2.75) is 110 Å². The number of hydrogen-bond acceptors (Lipinski definition) is 6. The molecular formula is C28H43NO6. The minimum Gasteiger partial charge on any atom is -0.393 e. The zero-order chi connectivity index (χ0) is 25.1. The van der Waals surface area contributed by atoms with Crippen molar-refractivity contribution in [1.29, 1.82) is 0 Å². The molecule has 196 valence electrons. The van der Waals surface area contributed by atoms with Crippen LogP contribution >= 0.6 is 0 Å². The van der Waals surface area contributed by atoms with E-state index < -0.39 is 17.8 Å². The van der Waals surface area contributed by atoms with Gasteiger partial charge in [0.25, 0.3) is 11.8 Å². The van der Waals surface area contributed by atoms with Crippen LogP contribution in [0.2, 0.25) is 0 Å². The van der Waals surface area contributed by atoms with Gasteiger partial charge >= 0.3 is 5.97 Å². The quantitative estimate of drug-likeness (QED) is 0.566. The molecule has 0 aromatic carbocycles. The number of carbonyl (C=O) groups excluding carboxylic acids is 3. The van der Waals surface area contributed by atoms with Gasteiger partial charge in [-0.2, -0.15) is 0 Å². The number of carbonyl (C=O) groups is 3. The summed E-state index contributed by atoms with van der Waals surface area (Å²) in [5.41, 5.74) is 0.381. The van der Waals surface area contributed by atoms with E-state index in [1.807, 2.05) is 0 Å². The molecule has 4 saturated carbocycles. The van der Waals surface area contributed by atoms with Gasteiger partial charge in [-0.3, -0.25) is 9.59 Å². The van der Waals surface area contributed by atoms with E-state index in [4.69, 9.17) is 4.84 Å². The molecule has 8 unspecified atom stereocenters. The van der Waals surface area contributed by atoms with E-state index in [0.29, 0.717) is 47.0 Å². The lowest BCUT2D eigenvalue weighted by atomic mass is 9.43. The lowest BCUT2D eigenvalue weighted by molar-refractivity contribution is -0.197. The molecule has 1 aliphatic heterocycles. The molecule has 0 aromatic heterocycles. The molecule has 1 heterocycles. The largest absolute Gasteiger partial charge is 0.393 e. The van der Waals surface area contributed by atoms with Crippen molar-refractivity contribution in [2.24, 2.45) is 46.3 Å². The second kappa shape index (κ2) is 9.13. The Morgan fingerprint density at radius 2 is 1.66 bits per heavy atom. The van der Waals surface area contributed by atoms with E-state index in [1.165, 1.54) is 0 Å². The van der Waals surface area contributed by atoms with Crippen molar-refractivity contribution >= 4 is 17.8 Å². The summed E-state index contributed by atoms with van der Waals surface area (Å²) < 4.78 is 0. The second-order valence-electron chi connectivity index (χ2n) is 13.0. The number of hydroxylamine groups is 2. The molecule has 4 aliphatic carbocycles. The van der Waals surface area contributed by atoms with Gasteiger partial charge < -0.3 is 15.1 Å². The SMILES string of the molecule is C[C@H](CCC(=O)ON1C(=O)CCC1=O)C1CCC2C3C(O)CC4C[C@H](O)CCC4(C)C3CCC21C. The summed E-state index contributed by atoms with van der Waals surface area (Å²) >= 11 is 0. The van der Waals surface area contributed by atoms with E-state index in [9.17, 15) is 24.6 Å². The first-order valence-electron chi connectivity index (χ1n) is 14.0. The highest BCUT2D eigenvalue weighted by atomic mass is 16.7. The number of amides is 2. The topological polar surface area (TPSA) is 104 Å². The van der Waals surface area contributed by atoms with Gasteiger partial charge in [0.15, 0.2) is 0 Å². The van der Waals surface area contributed by atoms with Gasteiger partial charge in [0.2, 0.25) is 0 Å². The summed E-state index contributed by atoms with van der Waals surface area (Å²) in [4.78, 5) is 40.9. The molecule has 7 nitrogen and oxygen atoms in total. The Kier molecular flexibility index (Phi) is 6.57. The highest BCUT2D eigenvalue weighted by molar-refractivity contribution is 6.01. The number of aliphatic hydroxyl groups excluding tert-OH is 2.